The molecule has 0 bridgehead atoms. The average molecular weight is 157 g/mol. The van der Waals surface area contributed by atoms with Crippen molar-refractivity contribution >= 4 is 15.9 Å². The Morgan fingerprint density at radius 3 is 2.33 bits per heavy atom. The fourth-order valence-electron chi connectivity index (χ4n) is 0.0668. The predicted molar refractivity (Wildman–Crippen MR) is 28.4 cm³/mol. The first kappa shape index (κ1) is 10.1. The van der Waals surface area contributed by atoms with Crippen LogP contribution in [0, 0.1) is 11.8 Å². The Morgan fingerprint density at radius 2 is 2.33 bits per heavy atom. The largest absolute Gasteiger partial charge is 1.00 e. The summed E-state index contributed by atoms with van der Waals surface area (Å²) >= 11 is 3.14. The van der Waals surface area contributed by atoms with E-state index in [1.165, 1.54) is 0 Å². The van der Waals surface area contributed by atoms with Gasteiger partial charge in [-0.2, -0.15) is 0 Å². The van der Waals surface area contributed by atoms with Crippen LogP contribution in [0.1, 0.15) is 8.35 Å². The van der Waals surface area contributed by atoms with Gasteiger partial charge in [-0.3, -0.25) is 0 Å². The summed E-state index contributed by atoms with van der Waals surface area (Å²) in [4.78, 5) is 0. The minimum Gasteiger partial charge on any atom is -1.00 e. The maximum Gasteiger partial charge on any atom is 1.00 e. The van der Waals surface area contributed by atoms with Crippen LogP contribution in [-0.4, -0.2) is 5.33 Å². The molecule has 0 atom stereocenters. The van der Waals surface area contributed by atoms with Gasteiger partial charge in [0.25, 0.3) is 0 Å². The molecule has 0 saturated carbocycles. The Labute approximate surface area is 70.6 Å². The molecule has 0 saturated heterocycles. The maximum atomic E-state index is 3.14. The monoisotopic (exact) mass is 156 g/mol. The summed E-state index contributed by atoms with van der Waals surface area (Å²) < 4.78 is 0. The van der Waals surface area contributed by atoms with Gasteiger partial charge >= 0.3 is 29.6 Å². The Bertz CT molecular complexity index is 63.8. The summed E-state index contributed by atoms with van der Waals surface area (Å²) in [6.45, 7) is 1.82. The van der Waals surface area contributed by atoms with E-state index in [1.54, 1.807) is 0 Å². The van der Waals surface area contributed by atoms with Crippen LogP contribution in [0.4, 0.5) is 0 Å². The molecule has 30 valence electrons. The van der Waals surface area contributed by atoms with Gasteiger partial charge in [0.15, 0.2) is 0 Å². The van der Waals surface area contributed by atoms with Crippen molar-refractivity contribution in [3.8, 4) is 11.8 Å². The second-order valence-electron chi connectivity index (χ2n) is 0.560. The fourth-order valence-corrected chi connectivity index (χ4v) is 0.347. The van der Waals surface area contributed by atoms with Gasteiger partial charge in [-0.15, -0.1) is 5.92 Å². The summed E-state index contributed by atoms with van der Waals surface area (Å²) in [5.74, 6) is 5.50. The molecule has 0 aliphatic heterocycles. The molecule has 0 aliphatic rings. The molecule has 0 aromatic heterocycles. The van der Waals surface area contributed by atoms with Crippen LogP contribution in [-0.2, 0) is 0 Å². The third kappa shape index (κ3) is 8.90. The van der Waals surface area contributed by atoms with Crippen molar-refractivity contribution in [3.63, 3.8) is 0 Å². The van der Waals surface area contributed by atoms with Gasteiger partial charge in [0.1, 0.15) is 0 Å². The Kier molecular flexibility index (Phi) is 15.8. The number of hydrogen-bond donors (Lipinski definition) is 0. The van der Waals surface area contributed by atoms with Gasteiger partial charge < -0.3 is 1.43 Å². The van der Waals surface area contributed by atoms with Gasteiger partial charge in [0.05, 0.1) is 5.33 Å². The molecule has 0 radical (unpaired) electrons. The van der Waals surface area contributed by atoms with Crippen LogP contribution >= 0.6 is 15.9 Å². The van der Waals surface area contributed by atoms with Gasteiger partial charge in [-0.05, 0) is 6.92 Å². The van der Waals surface area contributed by atoms with Crippen LogP contribution < -0.4 is 29.6 Å². The van der Waals surface area contributed by atoms with E-state index >= 15 is 0 Å². The molecule has 0 spiro atoms. The first-order valence-corrected chi connectivity index (χ1v) is 2.49. The topological polar surface area (TPSA) is 0 Å². The fraction of sp³-hybridized carbons (Fsp3) is 0.500. The molecule has 6 heavy (non-hydrogen) atoms. The third-order valence-electron chi connectivity index (χ3n) is 0.244. The van der Waals surface area contributed by atoms with E-state index in [0.29, 0.717) is 0 Å². The normalized spacial score (nSPS) is 4.33. The van der Waals surface area contributed by atoms with Crippen LogP contribution in [0.2, 0.25) is 0 Å². The molecule has 0 N–H and O–H groups in total. The molecule has 0 aromatic rings. The van der Waals surface area contributed by atoms with E-state index in [9.17, 15) is 0 Å². The molecule has 0 amide bonds. The molecule has 0 aliphatic carbocycles. The summed E-state index contributed by atoms with van der Waals surface area (Å²) in [5.41, 5.74) is 0. The zero-order valence-electron chi connectivity index (χ0n) is 5.09. The Morgan fingerprint density at radius 1 is 1.83 bits per heavy atom. The molecule has 0 heterocycles. The zero-order chi connectivity index (χ0) is 4.12. The molecular weight excluding hydrogens is 151 g/mol. The predicted octanol–water partition coefficient (Wildman–Crippen LogP) is -1.48. The van der Waals surface area contributed by atoms with E-state index < -0.39 is 0 Å². The summed E-state index contributed by atoms with van der Waals surface area (Å²) in [7, 11) is 0. The van der Waals surface area contributed by atoms with Crippen LogP contribution in [0.15, 0.2) is 0 Å². The van der Waals surface area contributed by atoms with E-state index in [2.05, 4.69) is 27.8 Å². The first-order chi connectivity index (χ1) is 2.41. The van der Waals surface area contributed by atoms with Crippen LogP contribution in [0.25, 0.3) is 0 Å². The smallest absolute Gasteiger partial charge is 1.00 e. The second kappa shape index (κ2) is 9.40. The van der Waals surface area contributed by atoms with Crippen molar-refractivity contribution in [2.24, 2.45) is 0 Å². The number of alkyl halides is 1. The second-order valence-corrected chi connectivity index (χ2v) is 1.12. The van der Waals surface area contributed by atoms with Crippen LogP contribution in [0.3, 0.4) is 0 Å². The molecule has 0 aromatic carbocycles. The molecule has 0 fully saturated rings. The van der Waals surface area contributed by atoms with E-state index in [4.69, 9.17) is 0 Å². The molecule has 0 unspecified atom stereocenters. The van der Waals surface area contributed by atoms with Crippen molar-refractivity contribution < 1.29 is 31.0 Å². The summed E-state index contributed by atoms with van der Waals surface area (Å²) in [5, 5.41) is 0.795. The van der Waals surface area contributed by atoms with Crippen molar-refractivity contribution in [1.82, 2.24) is 0 Å². The quantitative estimate of drug-likeness (QED) is 0.228. The van der Waals surface area contributed by atoms with Crippen molar-refractivity contribution in [2.45, 2.75) is 6.92 Å². The van der Waals surface area contributed by atoms with E-state index in [0.717, 1.165) is 5.33 Å². The number of hydrogen-bond acceptors (Lipinski definition) is 0. The van der Waals surface area contributed by atoms with Crippen molar-refractivity contribution in [2.75, 3.05) is 5.33 Å². The minimum absolute atomic E-state index is 0. The average Bonchev–Trinajstić information content (AvgIpc) is 1.41. The third-order valence-corrected chi connectivity index (χ3v) is 0.524. The van der Waals surface area contributed by atoms with E-state index in [1.807, 2.05) is 6.92 Å². The first-order valence-electron chi connectivity index (χ1n) is 1.37. The van der Waals surface area contributed by atoms with Crippen molar-refractivity contribution in [3.05, 3.63) is 0 Å². The molecular formula is C4H6BrNa. The Hall–Kier alpha value is 1.04. The maximum absolute atomic E-state index is 3.14. The standard InChI is InChI=1S/C4H5Br.Na.H/c1-2-3-4-5;;/h4H2,1H3;;/q;+1;-1. The number of rotatable bonds is 0. The number of halogens is 1. The van der Waals surface area contributed by atoms with Gasteiger partial charge in [-0.25, -0.2) is 0 Å². The van der Waals surface area contributed by atoms with Crippen LogP contribution in [0.5, 0.6) is 0 Å². The van der Waals surface area contributed by atoms with Crippen molar-refractivity contribution in [1.29, 1.82) is 0 Å². The SMILES string of the molecule is CC#CCBr.[H-].[Na+]. The molecule has 0 rings (SSSR count). The van der Waals surface area contributed by atoms with Gasteiger partial charge in [0.2, 0.25) is 0 Å². The van der Waals surface area contributed by atoms with Gasteiger partial charge in [0, 0.05) is 0 Å². The molecule has 2 heteroatoms. The summed E-state index contributed by atoms with van der Waals surface area (Å²) in [6, 6.07) is 0. The van der Waals surface area contributed by atoms with E-state index in [-0.39, 0.29) is 31.0 Å². The Balaban J connectivity index is -0.0000000800. The van der Waals surface area contributed by atoms with Gasteiger partial charge in [-0.1, -0.05) is 21.9 Å². The molecule has 0 nitrogen and oxygen atoms in total. The zero-order valence-corrected chi connectivity index (χ0v) is 7.67. The minimum atomic E-state index is 0. The summed E-state index contributed by atoms with van der Waals surface area (Å²) in [6.07, 6.45) is 0.